The van der Waals surface area contributed by atoms with Gasteiger partial charge in [0, 0.05) is 49.3 Å². The lowest BCUT2D eigenvalue weighted by Crippen LogP contribution is -2.54. The van der Waals surface area contributed by atoms with Crippen molar-refractivity contribution in [1.82, 2.24) is 10.2 Å². The van der Waals surface area contributed by atoms with E-state index in [2.05, 4.69) is 10.6 Å². The number of carbonyl (C=O) groups is 3. The van der Waals surface area contributed by atoms with Crippen LogP contribution in [0, 0.1) is 17.2 Å². The predicted molar refractivity (Wildman–Crippen MR) is 174 cm³/mol. The van der Waals surface area contributed by atoms with Crippen LogP contribution in [0.4, 0.5) is 18.9 Å². The molecule has 0 aromatic heterocycles. The first-order valence-corrected chi connectivity index (χ1v) is 15.3. The summed E-state index contributed by atoms with van der Waals surface area (Å²) in [7, 11) is 1.54. The van der Waals surface area contributed by atoms with Crippen LogP contribution >= 0.6 is 0 Å². The molecule has 3 amide bonds. The van der Waals surface area contributed by atoms with E-state index in [9.17, 15) is 37.9 Å². The molecule has 3 N–H and O–H groups in total. The summed E-state index contributed by atoms with van der Waals surface area (Å²) < 4.78 is 41.0. The van der Waals surface area contributed by atoms with Crippen molar-refractivity contribution in [3.05, 3.63) is 125 Å². The molecule has 5 rings (SSSR count). The predicted octanol–water partition coefficient (Wildman–Crippen LogP) is 6.07. The van der Waals surface area contributed by atoms with Crippen molar-refractivity contribution in [2.45, 2.75) is 31.0 Å². The largest absolute Gasteiger partial charge is 0.417 e. The Balaban J connectivity index is 1.43. The molecule has 0 saturated carbocycles. The molecule has 1 fully saturated rings. The number of carbonyl (C=O) groups excluding carboxylic acids is 3. The average Bonchev–Trinajstić information content (AvgIpc) is 3.11. The van der Waals surface area contributed by atoms with Gasteiger partial charge in [-0.15, -0.1) is 0 Å². The van der Waals surface area contributed by atoms with Crippen LogP contribution in [-0.4, -0.2) is 53.5 Å². The number of benzene rings is 4. The van der Waals surface area contributed by atoms with Gasteiger partial charge in [-0.2, -0.15) is 18.4 Å². The second kappa shape index (κ2) is 14.1. The van der Waals surface area contributed by atoms with Crippen LogP contribution < -0.4 is 10.6 Å². The summed E-state index contributed by atoms with van der Waals surface area (Å²) in [5, 5.41) is 26.5. The number of hydrogen-bond donors (Lipinski definition) is 3. The van der Waals surface area contributed by atoms with Crippen LogP contribution in [0.25, 0.3) is 11.1 Å². The van der Waals surface area contributed by atoms with E-state index in [1.807, 2.05) is 18.2 Å². The molecular formula is C37H33F3N4O4. The Bertz CT molecular complexity index is 1850. The Hall–Kier alpha value is -5.47. The number of likely N-dealkylation sites (tertiary alicyclic amines) is 1. The van der Waals surface area contributed by atoms with Crippen LogP contribution in [0.1, 0.15) is 50.2 Å². The summed E-state index contributed by atoms with van der Waals surface area (Å²) in [6.45, 7) is 0.529. The monoisotopic (exact) mass is 654 g/mol. The Morgan fingerprint density at radius 3 is 2.19 bits per heavy atom. The van der Waals surface area contributed by atoms with Gasteiger partial charge in [-0.05, 0) is 72.0 Å². The van der Waals surface area contributed by atoms with Crippen molar-refractivity contribution in [2.75, 3.05) is 25.5 Å². The number of anilines is 1. The molecule has 4 aromatic rings. The number of nitrogens with one attached hydrogen (secondary N) is 2. The van der Waals surface area contributed by atoms with Crippen LogP contribution in [-0.2, 0) is 17.4 Å². The fourth-order valence-corrected chi connectivity index (χ4v) is 6.06. The normalized spacial score (nSPS) is 14.8. The van der Waals surface area contributed by atoms with Crippen molar-refractivity contribution >= 4 is 23.4 Å². The van der Waals surface area contributed by atoms with Crippen molar-refractivity contribution in [3.63, 3.8) is 0 Å². The van der Waals surface area contributed by atoms with Gasteiger partial charge in [0.05, 0.1) is 17.2 Å². The first-order valence-electron chi connectivity index (χ1n) is 15.3. The molecule has 246 valence electrons. The van der Waals surface area contributed by atoms with E-state index in [0.717, 1.165) is 17.2 Å². The summed E-state index contributed by atoms with van der Waals surface area (Å²) in [5.74, 6) is -1.94. The summed E-state index contributed by atoms with van der Waals surface area (Å²) in [6, 6.07) is 27.2. The number of hydrogen-bond acceptors (Lipinski definition) is 5. The molecule has 0 aliphatic carbocycles. The molecule has 0 bridgehead atoms. The molecule has 1 saturated heterocycles. The van der Waals surface area contributed by atoms with Crippen molar-refractivity contribution in [3.8, 4) is 17.2 Å². The molecular weight excluding hydrogens is 621 g/mol. The first-order chi connectivity index (χ1) is 22.9. The van der Waals surface area contributed by atoms with Crippen LogP contribution in [0.15, 0.2) is 97.1 Å². The van der Waals surface area contributed by atoms with Gasteiger partial charge in [0.1, 0.15) is 5.60 Å². The fourth-order valence-electron chi connectivity index (χ4n) is 6.06. The van der Waals surface area contributed by atoms with Gasteiger partial charge >= 0.3 is 6.18 Å². The zero-order chi connectivity index (χ0) is 34.5. The van der Waals surface area contributed by atoms with E-state index >= 15 is 0 Å². The van der Waals surface area contributed by atoms with Crippen molar-refractivity contribution < 1.29 is 32.7 Å². The maximum atomic E-state index is 13.9. The molecule has 1 aliphatic heterocycles. The SMILES string of the molecule is CNC(=O)c1ccc(-c2cccc(CC(O)(C(=O)Nc3ccc(C#N)c(C(F)(F)F)c3)C3CCN(C(=O)c4ccccc4)CC3)c2)cc1. The van der Waals surface area contributed by atoms with Gasteiger partial charge in [-0.3, -0.25) is 14.4 Å². The smallest absolute Gasteiger partial charge is 0.379 e. The third-order valence-electron chi connectivity index (χ3n) is 8.68. The zero-order valence-electron chi connectivity index (χ0n) is 26.1. The molecule has 8 nitrogen and oxygen atoms in total. The standard InChI is InChI=1S/C37H33F3N4O4/c1-42-33(45)26-12-10-25(11-13-26)28-9-5-6-24(20-28)22-36(48,30-16-18-44(19-17-30)34(46)27-7-3-2-4-8-27)35(47)43-31-15-14-29(23-41)32(21-31)37(38,39)40/h2-15,20-21,30,48H,16-19,22H2,1H3,(H,42,45)(H,43,47). The third kappa shape index (κ3) is 7.40. The van der Waals surface area contributed by atoms with Crippen LogP contribution in [0.3, 0.4) is 0 Å². The highest BCUT2D eigenvalue weighted by molar-refractivity contribution is 5.98. The second-order valence-corrected chi connectivity index (χ2v) is 11.7. The fraction of sp³-hybridized carbons (Fsp3) is 0.243. The first kappa shape index (κ1) is 33.9. The number of aliphatic hydroxyl groups is 1. The molecule has 1 aliphatic rings. The van der Waals surface area contributed by atoms with E-state index in [0.29, 0.717) is 22.8 Å². The Morgan fingerprint density at radius 2 is 1.56 bits per heavy atom. The molecule has 48 heavy (non-hydrogen) atoms. The molecule has 1 unspecified atom stereocenters. The van der Waals surface area contributed by atoms with Gasteiger partial charge < -0.3 is 20.6 Å². The lowest BCUT2D eigenvalue weighted by atomic mass is 9.75. The van der Waals surface area contributed by atoms with Gasteiger partial charge in [0.25, 0.3) is 17.7 Å². The number of nitriles is 1. The number of nitrogens with zero attached hydrogens (tertiary/aromatic N) is 2. The molecule has 0 spiro atoms. The summed E-state index contributed by atoms with van der Waals surface area (Å²) >= 11 is 0. The molecule has 1 heterocycles. The van der Waals surface area contributed by atoms with Crippen molar-refractivity contribution in [1.29, 1.82) is 5.26 Å². The Kier molecular flexibility index (Phi) is 9.96. The highest BCUT2D eigenvalue weighted by Gasteiger charge is 2.46. The van der Waals surface area contributed by atoms with Crippen LogP contribution in [0.2, 0.25) is 0 Å². The molecule has 0 radical (unpaired) electrons. The summed E-state index contributed by atoms with van der Waals surface area (Å²) in [4.78, 5) is 40.7. The van der Waals surface area contributed by atoms with E-state index in [1.54, 1.807) is 72.6 Å². The van der Waals surface area contributed by atoms with Gasteiger partial charge in [0.2, 0.25) is 0 Å². The van der Waals surface area contributed by atoms with Crippen LogP contribution in [0.5, 0.6) is 0 Å². The third-order valence-corrected chi connectivity index (χ3v) is 8.68. The topological polar surface area (TPSA) is 123 Å². The van der Waals surface area contributed by atoms with Gasteiger partial charge in [-0.1, -0.05) is 54.6 Å². The lowest BCUT2D eigenvalue weighted by molar-refractivity contribution is -0.142. The molecule has 4 aromatic carbocycles. The zero-order valence-corrected chi connectivity index (χ0v) is 26.1. The lowest BCUT2D eigenvalue weighted by Gasteiger charge is -2.40. The van der Waals surface area contributed by atoms with E-state index < -0.39 is 34.7 Å². The molecule has 1 atom stereocenters. The Labute approximate surface area is 275 Å². The number of halogens is 3. The van der Waals surface area contributed by atoms with Gasteiger partial charge in [-0.25, -0.2) is 0 Å². The quantitative estimate of drug-likeness (QED) is 0.213. The highest BCUT2D eigenvalue weighted by Crippen LogP contribution is 2.36. The highest BCUT2D eigenvalue weighted by atomic mass is 19.4. The number of piperidine rings is 1. The molecule has 11 heteroatoms. The van der Waals surface area contributed by atoms with E-state index in [1.165, 1.54) is 12.1 Å². The minimum Gasteiger partial charge on any atom is -0.379 e. The summed E-state index contributed by atoms with van der Waals surface area (Å²) in [5.41, 5.74) is -0.921. The maximum absolute atomic E-state index is 13.9. The second-order valence-electron chi connectivity index (χ2n) is 11.7. The van der Waals surface area contributed by atoms with E-state index in [4.69, 9.17) is 0 Å². The maximum Gasteiger partial charge on any atom is 0.417 e. The minimum absolute atomic E-state index is 0.164. The summed E-state index contributed by atoms with van der Waals surface area (Å²) in [6.07, 6.45) is -4.46. The number of alkyl halides is 3. The minimum atomic E-state index is -4.83. The Morgan fingerprint density at radius 1 is 0.875 bits per heavy atom. The average molecular weight is 655 g/mol. The van der Waals surface area contributed by atoms with E-state index in [-0.39, 0.29) is 49.9 Å². The number of amides is 3. The van der Waals surface area contributed by atoms with Gasteiger partial charge in [0.15, 0.2) is 0 Å². The van der Waals surface area contributed by atoms with Crippen molar-refractivity contribution in [2.24, 2.45) is 5.92 Å². The number of rotatable bonds is 8.